The number of esters is 1. The number of aliphatic hydroxyl groups excluding tert-OH is 1. The van der Waals surface area contributed by atoms with Crippen LogP contribution in [-0.4, -0.2) is 70.5 Å². The standard InChI is InChI=1S/C23H32O7.C9H13NO2/c1-20-6-3-16-17(23(20,29)9-5-15(20)13-10-18(25)30-12-13)4-7-21(28)11-14(24)2-8-22(16,21)19(26)27;1-11-8-5-3-4-7(6-10)9(8)12-2/h10,14-17,24,28-29H,2-9,11-12H2,1H3,(H,26,27);3-5H,6,10H2,1-2H3/t14-,15+,16-,17+,20+,21-,22+,23-;/m0./s1. The Kier molecular flexibility index (Phi) is 8.15. The van der Waals surface area contributed by atoms with Gasteiger partial charge in [0.1, 0.15) is 6.61 Å². The van der Waals surface area contributed by atoms with Crippen LogP contribution in [0, 0.1) is 28.6 Å². The molecule has 4 aliphatic carbocycles. The van der Waals surface area contributed by atoms with Gasteiger partial charge in [-0.25, -0.2) is 4.79 Å². The highest BCUT2D eigenvalue weighted by molar-refractivity contribution is 5.85. The topological polar surface area (TPSA) is 169 Å². The number of para-hydroxylation sites is 1. The number of aliphatic carboxylic acids is 1. The Bertz CT molecular complexity index is 1230. The third-order valence-electron chi connectivity index (χ3n) is 11.6. The van der Waals surface area contributed by atoms with E-state index in [0.717, 1.165) is 29.1 Å². The van der Waals surface area contributed by atoms with Gasteiger partial charge in [0.25, 0.3) is 0 Å². The van der Waals surface area contributed by atoms with Crippen molar-refractivity contribution in [1.29, 1.82) is 0 Å². The Balaban J connectivity index is 0.000000248. The fourth-order valence-corrected chi connectivity index (χ4v) is 9.60. The number of cyclic esters (lactones) is 1. The van der Waals surface area contributed by atoms with Gasteiger partial charge >= 0.3 is 11.9 Å². The number of carboxylic acid groups (broad SMARTS) is 1. The van der Waals surface area contributed by atoms with E-state index in [0.29, 0.717) is 38.6 Å². The van der Waals surface area contributed by atoms with Crippen LogP contribution in [0.3, 0.4) is 0 Å². The van der Waals surface area contributed by atoms with Crippen LogP contribution in [0.25, 0.3) is 0 Å². The number of rotatable bonds is 5. The average Bonchev–Trinajstić information content (AvgIpc) is 3.51. The summed E-state index contributed by atoms with van der Waals surface area (Å²) in [5, 5.41) is 44.1. The lowest BCUT2D eigenvalue weighted by atomic mass is 9.41. The molecule has 6 N–H and O–H groups in total. The van der Waals surface area contributed by atoms with Crippen LogP contribution in [0.5, 0.6) is 11.5 Å². The molecule has 6 rings (SSSR count). The summed E-state index contributed by atoms with van der Waals surface area (Å²) in [6.07, 6.45) is 5.00. The fourth-order valence-electron chi connectivity index (χ4n) is 9.60. The summed E-state index contributed by atoms with van der Waals surface area (Å²) in [7, 11) is 3.22. The number of carboxylic acids is 1. The second kappa shape index (κ2) is 11.1. The number of carbonyl (C=O) groups is 2. The molecule has 232 valence electrons. The summed E-state index contributed by atoms with van der Waals surface area (Å²) < 4.78 is 15.4. The summed E-state index contributed by atoms with van der Waals surface area (Å²) in [5.74, 6) is -0.371. The van der Waals surface area contributed by atoms with Crippen molar-refractivity contribution >= 4 is 11.9 Å². The minimum absolute atomic E-state index is 0.0460. The molecular formula is C32H45NO9. The van der Waals surface area contributed by atoms with E-state index in [-0.39, 0.29) is 49.6 Å². The van der Waals surface area contributed by atoms with Gasteiger partial charge < -0.3 is 40.4 Å². The van der Waals surface area contributed by atoms with Gasteiger partial charge in [-0.1, -0.05) is 19.1 Å². The highest BCUT2D eigenvalue weighted by atomic mass is 16.5. The lowest BCUT2D eigenvalue weighted by molar-refractivity contribution is -0.260. The number of hydrogen-bond acceptors (Lipinski definition) is 9. The van der Waals surface area contributed by atoms with E-state index in [1.54, 1.807) is 20.3 Å². The summed E-state index contributed by atoms with van der Waals surface area (Å²) >= 11 is 0. The van der Waals surface area contributed by atoms with Crippen LogP contribution in [-0.2, 0) is 20.9 Å². The zero-order valence-electron chi connectivity index (χ0n) is 24.8. The van der Waals surface area contributed by atoms with Crippen LogP contribution in [0.2, 0.25) is 0 Å². The van der Waals surface area contributed by atoms with Gasteiger partial charge in [-0.2, -0.15) is 0 Å². The Morgan fingerprint density at radius 3 is 2.40 bits per heavy atom. The smallest absolute Gasteiger partial charge is 0.331 e. The lowest BCUT2D eigenvalue weighted by Gasteiger charge is -2.65. The first-order chi connectivity index (χ1) is 19.9. The molecule has 0 unspecified atom stereocenters. The number of ether oxygens (including phenoxy) is 3. The Labute approximate surface area is 246 Å². The molecule has 4 saturated carbocycles. The molecule has 0 aromatic heterocycles. The highest BCUT2D eigenvalue weighted by Crippen LogP contribution is 2.70. The predicted molar refractivity (Wildman–Crippen MR) is 153 cm³/mol. The van der Waals surface area contributed by atoms with Gasteiger partial charge in [-0.05, 0) is 80.8 Å². The third kappa shape index (κ3) is 4.44. The van der Waals surface area contributed by atoms with E-state index >= 15 is 0 Å². The fraction of sp³-hybridized carbons (Fsp3) is 0.688. The molecule has 1 aliphatic heterocycles. The predicted octanol–water partition coefficient (Wildman–Crippen LogP) is 2.95. The van der Waals surface area contributed by atoms with Crippen molar-refractivity contribution in [2.24, 2.45) is 34.3 Å². The van der Waals surface area contributed by atoms with E-state index in [1.807, 2.05) is 18.2 Å². The maximum absolute atomic E-state index is 12.7. The Hall–Kier alpha value is -2.66. The first-order valence-corrected chi connectivity index (χ1v) is 15.0. The Morgan fingerprint density at radius 2 is 1.79 bits per heavy atom. The van der Waals surface area contributed by atoms with E-state index in [9.17, 15) is 30.0 Å². The molecule has 4 fully saturated rings. The summed E-state index contributed by atoms with van der Waals surface area (Å²) in [4.78, 5) is 24.3. The first kappa shape index (κ1) is 30.8. The normalized spacial score (nSPS) is 40.4. The van der Waals surface area contributed by atoms with Crippen LogP contribution in [0.15, 0.2) is 29.8 Å². The van der Waals surface area contributed by atoms with Crippen molar-refractivity contribution in [2.75, 3.05) is 20.8 Å². The minimum Gasteiger partial charge on any atom is -0.493 e. The zero-order valence-corrected chi connectivity index (χ0v) is 24.8. The van der Waals surface area contributed by atoms with Gasteiger partial charge in [0, 0.05) is 30.0 Å². The molecule has 0 amide bonds. The number of carbonyl (C=O) groups excluding carboxylic acids is 1. The molecule has 8 atom stereocenters. The van der Waals surface area contributed by atoms with Gasteiger partial charge in [0.2, 0.25) is 0 Å². The van der Waals surface area contributed by atoms with Gasteiger partial charge in [-0.3, -0.25) is 4.79 Å². The molecule has 0 bridgehead atoms. The van der Waals surface area contributed by atoms with Crippen LogP contribution >= 0.6 is 0 Å². The van der Waals surface area contributed by atoms with Crippen molar-refractivity contribution < 1.29 is 44.2 Å². The number of hydrogen-bond donors (Lipinski definition) is 5. The first-order valence-electron chi connectivity index (χ1n) is 15.0. The molecule has 0 spiro atoms. The van der Waals surface area contributed by atoms with E-state index in [2.05, 4.69) is 6.92 Å². The molecule has 0 radical (unpaired) electrons. The summed E-state index contributed by atoms with van der Waals surface area (Å²) in [5.41, 5.74) is 3.17. The van der Waals surface area contributed by atoms with Crippen LogP contribution in [0.1, 0.15) is 70.3 Å². The summed E-state index contributed by atoms with van der Waals surface area (Å²) in [6, 6.07) is 5.66. The van der Waals surface area contributed by atoms with Crippen molar-refractivity contribution in [3.63, 3.8) is 0 Å². The van der Waals surface area contributed by atoms with E-state index < -0.39 is 34.1 Å². The number of aliphatic hydroxyl groups is 3. The number of methoxy groups -OCH3 is 2. The van der Waals surface area contributed by atoms with Gasteiger partial charge in [0.05, 0.1) is 36.9 Å². The highest BCUT2D eigenvalue weighted by Gasteiger charge is 2.73. The second-order valence-electron chi connectivity index (χ2n) is 13.1. The molecule has 10 nitrogen and oxygen atoms in total. The van der Waals surface area contributed by atoms with E-state index in [1.165, 1.54) is 0 Å². The van der Waals surface area contributed by atoms with Crippen molar-refractivity contribution in [3.8, 4) is 11.5 Å². The Morgan fingerprint density at radius 1 is 1.05 bits per heavy atom. The van der Waals surface area contributed by atoms with Crippen molar-refractivity contribution in [2.45, 2.75) is 88.6 Å². The largest absolute Gasteiger partial charge is 0.493 e. The molecule has 1 aromatic carbocycles. The number of nitrogens with two attached hydrogens (primary N) is 1. The van der Waals surface area contributed by atoms with Gasteiger partial charge in [0.15, 0.2) is 11.5 Å². The number of fused-ring (bicyclic) bond motifs is 5. The molecule has 5 aliphatic rings. The second-order valence-corrected chi connectivity index (χ2v) is 13.1. The molecule has 42 heavy (non-hydrogen) atoms. The molecule has 1 heterocycles. The molecule has 1 aromatic rings. The van der Waals surface area contributed by atoms with Crippen molar-refractivity contribution in [3.05, 3.63) is 35.4 Å². The van der Waals surface area contributed by atoms with E-state index in [4.69, 9.17) is 19.9 Å². The average molecular weight is 588 g/mol. The van der Waals surface area contributed by atoms with Crippen LogP contribution in [0.4, 0.5) is 0 Å². The van der Waals surface area contributed by atoms with Gasteiger partial charge in [-0.15, -0.1) is 0 Å². The molecular weight excluding hydrogens is 542 g/mol. The SMILES string of the molecule is COc1cccc(CN)c1OC.C[C@]12CC[C@H]3[C@@H](CC[C@]4(O)C[C@@H](O)CC[C@]34C(=O)O)[C@@]1(O)CC[C@@H]2C1=CC(=O)OC1. The molecule has 0 saturated heterocycles. The number of benzene rings is 1. The minimum atomic E-state index is -1.44. The summed E-state index contributed by atoms with van der Waals surface area (Å²) in [6.45, 7) is 2.82. The van der Waals surface area contributed by atoms with Crippen molar-refractivity contribution in [1.82, 2.24) is 0 Å². The zero-order chi connectivity index (χ0) is 30.5. The maximum Gasteiger partial charge on any atom is 0.331 e. The third-order valence-corrected chi connectivity index (χ3v) is 11.6. The van der Waals surface area contributed by atoms with Crippen LogP contribution < -0.4 is 15.2 Å². The quantitative estimate of drug-likeness (QED) is 0.323. The monoisotopic (exact) mass is 587 g/mol. The maximum atomic E-state index is 12.7. The molecule has 10 heteroatoms. The lowest BCUT2D eigenvalue weighted by Crippen LogP contribution is -2.70.